The Kier molecular flexibility index (Phi) is 4.36. The molecule has 0 bridgehead atoms. The fourth-order valence-corrected chi connectivity index (χ4v) is 3.24. The largest absolute Gasteiger partial charge is 0.497 e. The van der Waals surface area contributed by atoms with Crippen molar-refractivity contribution in [2.45, 2.75) is 43.6 Å². The van der Waals surface area contributed by atoms with Gasteiger partial charge in [0.2, 0.25) is 0 Å². The van der Waals surface area contributed by atoms with Gasteiger partial charge in [0.25, 0.3) is 0 Å². The molecule has 4 atom stereocenters. The van der Waals surface area contributed by atoms with Gasteiger partial charge in [0.05, 0.1) is 19.3 Å². The maximum Gasteiger partial charge on any atom is 0.119 e. The van der Waals surface area contributed by atoms with Crippen molar-refractivity contribution in [2.24, 2.45) is 0 Å². The predicted octanol–water partition coefficient (Wildman–Crippen LogP) is 1.19. The van der Waals surface area contributed by atoms with Gasteiger partial charge >= 0.3 is 0 Å². The smallest absolute Gasteiger partial charge is 0.119 e. The molecule has 4 nitrogen and oxygen atoms in total. The third-order valence-corrected chi connectivity index (χ3v) is 4.25. The van der Waals surface area contributed by atoms with Gasteiger partial charge in [-0.05, 0) is 36.1 Å². The normalized spacial score (nSPS) is 32.8. The summed E-state index contributed by atoms with van der Waals surface area (Å²) in [5.74, 6) is 1.16. The minimum atomic E-state index is -0.668. The van der Waals surface area contributed by atoms with E-state index < -0.39 is 12.2 Å². The summed E-state index contributed by atoms with van der Waals surface area (Å²) in [7, 11) is 1.67. The topological polar surface area (TPSA) is 61.7 Å². The van der Waals surface area contributed by atoms with Crippen molar-refractivity contribution in [3.05, 3.63) is 29.3 Å². The van der Waals surface area contributed by atoms with Gasteiger partial charge in [-0.2, -0.15) is 0 Å². The van der Waals surface area contributed by atoms with Crippen molar-refractivity contribution in [1.82, 2.24) is 5.32 Å². The molecule has 3 N–H and O–H groups in total. The van der Waals surface area contributed by atoms with Gasteiger partial charge in [0, 0.05) is 18.5 Å². The van der Waals surface area contributed by atoms with Crippen molar-refractivity contribution in [1.29, 1.82) is 0 Å². The Balaban J connectivity index is 0.00000133. The second kappa shape index (κ2) is 5.67. The number of hydrogen-bond donors (Lipinski definition) is 3. The molecule has 3 rings (SSSR count). The van der Waals surface area contributed by atoms with E-state index in [0.29, 0.717) is 6.42 Å². The average Bonchev–Trinajstić information content (AvgIpc) is 2.41. The molecule has 0 saturated heterocycles. The van der Waals surface area contributed by atoms with Crippen LogP contribution >= 0.6 is 12.4 Å². The van der Waals surface area contributed by atoms with Crippen LogP contribution in [0, 0.1) is 0 Å². The molecule has 1 aliphatic heterocycles. The molecule has 1 aliphatic carbocycles. The summed E-state index contributed by atoms with van der Waals surface area (Å²) in [5.41, 5.74) is 2.52. The maximum absolute atomic E-state index is 10.1. The average molecular weight is 286 g/mol. The Morgan fingerprint density at radius 3 is 2.79 bits per heavy atom. The van der Waals surface area contributed by atoms with E-state index in [1.165, 1.54) is 11.1 Å². The lowest BCUT2D eigenvalue weighted by Gasteiger charge is -2.43. The fraction of sp³-hybridized carbons (Fsp3) is 0.571. The van der Waals surface area contributed by atoms with Crippen LogP contribution in [0.25, 0.3) is 0 Å². The van der Waals surface area contributed by atoms with E-state index in [2.05, 4.69) is 17.4 Å². The summed E-state index contributed by atoms with van der Waals surface area (Å²) in [6.45, 7) is 0.720. The van der Waals surface area contributed by atoms with E-state index in [1.54, 1.807) is 7.11 Å². The van der Waals surface area contributed by atoms with Crippen LogP contribution < -0.4 is 10.1 Å². The Morgan fingerprint density at radius 2 is 2.05 bits per heavy atom. The zero-order chi connectivity index (χ0) is 12.7. The molecule has 1 saturated carbocycles. The number of nitrogens with one attached hydrogen (secondary N) is 1. The predicted molar refractivity (Wildman–Crippen MR) is 74.9 cm³/mol. The lowest BCUT2D eigenvalue weighted by molar-refractivity contribution is -0.0395. The SMILES string of the molecule is COc1ccc2c(c1)CN[C@H]1[C@H](O)[C@H](O)CC[C@@H]21.Cl. The van der Waals surface area contributed by atoms with Crippen LogP contribution in [0.2, 0.25) is 0 Å². The molecule has 106 valence electrons. The van der Waals surface area contributed by atoms with Gasteiger partial charge in [-0.15, -0.1) is 12.4 Å². The number of halogens is 1. The molecule has 1 aromatic carbocycles. The lowest BCUT2D eigenvalue weighted by Crippen LogP contribution is -2.54. The zero-order valence-electron chi connectivity index (χ0n) is 10.9. The third-order valence-electron chi connectivity index (χ3n) is 4.25. The Bertz CT molecular complexity index is 454. The summed E-state index contributed by atoms with van der Waals surface area (Å²) in [5, 5.41) is 23.1. The lowest BCUT2D eigenvalue weighted by atomic mass is 9.73. The number of methoxy groups -OCH3 is 1. The number of aliphatic hydroxyl groups excluding tert-OH is 2. The Hall–Kier alpha value is -0.810. The highest BCUT2D eigenvalue weighted by Gasteiger charge is 2.40. The molecule has 0 spiro atoms. The minimum Gasteiger partial charge on any atom is -0.497 e. The second-order valence-corrected chi connectivity index (χ2v) is 5.21. The van der Waals surface area contributed by atoms with Crippen LogP contribution in [-0.4, -0.2) is 35.6 Å². The van der Waals surface area contributed by atoms with Gasteiger partial charge < -0.3 is 20.3 Å². The first-order valence-electron chi connectivity index (χ1n) is 6.47. The van der Waals surface area contributed by atoms with E-state index in [9.17, 15) is 10.2 Å². The maximum atomic E-state index is 10.1. The summed E-state index contributed by atoms with van der Waals surface area (Å²) in [4.78, 5) is 0. The highest BCUT2D eigenvalue weighted by atomic mass is 35.5. The number of fused-ring (bicyclic) bond motifs is 3. The number of hydrogen-bond acceptors (Lipinski definition) is 4. The number of rotatable bonds is 1. The Morgan fingerprint density at radius 1 is 1.26 bits per heavy atom. The molecular formula is C14H20ClNO3. The van der Waals surface area contributed by atoms with Crippen molar-refractivity contribution < 1.29 is 14.9 Å². The van der Waals surface area contributed by atoms with Crippen LogP contribution in [0.3, 0.4) is 0 Å². The van der Waals surface area contributed by atoms with E-state index in [-0.39, 0.29) is 24.4 Å². The van der Waals surface area contributed by atoms with Gasteiger partial charge in [-0.1, -0.05) is 6.07 Å². The van der Waals surface area contributed by atoms with Crippen LogP contribution in [-0.2, 0) is 6.54 Å². The molecule has 1 heterocycles. The van der Waals surface area contributed by atoms with Gasteiger partial charge in [0.15, 0.2) is 0 Å². The number of benzene rings is 1. The summed E-state index contributed by atoms with van der Waals surface area (Å²) < 4.78 is 5.24. The van der Waals surface area contributed by atoms with Gasteiger partial charge in [-0.3, -0.25) is 0 Å². The first-order chi connectivity index (χ1) is 8.70. The summed E-state index contributed by atoms with van der Waals surface area (Å²) in [6.07, 6.45) is 0.308. The van der Waals surface area contributed by atoms with Crippen molar-refractivity contribution in [3.8, 4) is 5.75 Å². The van der Waals surface area contributed by atoms with E-state index >= 15 is 0 Å². The minimum absolute atomic E-state index is 0. The molecule has 2 aliphatic rings. The number of aliphatic hydroxyl groups is 2. The van der Waals surface area contributed by atoms with Crippen LogP contribution in [0.15, 0.2) is 18.2 Å². The van der Waals surface area contributed by atoms with Crippen LogP contribution in [0.1, 0.15) is 29.9 Å². The molecule has 19 heavy (non-hydrogen) atoms. The van der Waals surface area contributed by atoms with Gasteiger partial charge in [-0.25, -0.2) is 0 Å². The quantitative estimate of drug-likeness (QED) is 0.725. The Labute approximate surface area is 119 Å². The molecule has 1 fully saturated rings. The van der Waals surface area contributed by atoms with Crippen LogP contribution in [0.4, 0.5) is 0 Å². The van der Waals surface area contributed by atoms with E-state index in [4.69, 9.17) is 4.74 Å². The van der Waals surface area contributed by atoms with E-state index in [0.717, 1.165) is 18.7 Å². The summed E-state index contributed by atoms with van der Waals surface area (Å²) >= 11 is 0. The fourth-order valence-electron chi connectivity index (χ4n) is 3.24. The molecule has 0 aromatic heterocycles. The van der Waals surface area contributed by atoms with Crippen molar-refractivity contribution in [3.63, 3.8) is 0 Å². The molecule has 1 aromatic rings. The van der Waals surface area contributed by atoms with E-state index in [1.807, 2.05) is 6.07 Å². The molecule has 0 amide bonds. The highest BCUT2D eigenvalue weighted by molar-refractivity contribution is 5.85. The standard InChI is InChI=1S/C14H19NO3.ClH/c1-18-9-2-3-10-8(6-9)7-15-13-11(10)4-5-12(16)14(13)17;/h2-3,6,11-17H,4-5,7H2,1H3;1H/t11-,12+,13+,14+;/m0./s1. The number of ether oxygens (including phenoxy) is 1. The second-order valence-electron chi connectivity index (χ2n) is 5.21. The van der Waals surface area contributed by atoms with Crippen molar-refractivity contribution in [2.75, 3.05) is 7.11 Å². The summed E-state index contributed by atoms with van der Waals surface area (Å²) in [6, 6.07) is 6.08. The third kappa shape index (κ3) is 2.46. The highest BCUT2D eigenvalue weighted by Crippen LogP contribution is 2.39. The van der Waals surface area contributed by atoms with Crippen LogP contribution in [0.5, 0.6) is 5.75 Å². The molecule has 0 unspecified atom stereocenters. The molecule has 0 radical (unpaired) electrons. The molecular weight excluding hydrogens is 266 g/mol. The molecule has 5 heteroatoms. The van der Waals surface area contributed by atoms with Gasteiger partial charge in [0.1, 0.15) is 5.75 Å². The zero-order valence-corrected chi connectivity index (χ0v) is 11.7. The first-order valence-corrected chi connectivity index (χ1v) is 6.47. The monoisotopic (exact) mass is 285 g/mol. The van der Waals surface area contributed by atoms with Crippen molar-refractivity contribution >= 4 is 12.4 Å². The first kappa shape index (κ1) is 14.6.